The molecule has 0 N–H and O–H groups in total. The van der Waals surface area contributed by atoms with Crippen molar-refractivity contribution in [2.45, 2.75) is 24.6 Å². The fourth-order valence-corrected chi connectivity index (χ4v) is 2.42. The van der Waals surface area contributed by atoms with E-state index in [1.54, 1.807) is 0 Å². The van der Waals surface area contributed by atoms with E-state index in [4.69, 9.17) is 23.2 Å². The first-order valence-corrected chi connectivity index (χ1v) is 6.73. The van der Waals surface area contributed by atoms with Crippen LogP contribution in [0.25, 0.3) is 0 Å². The molecular weight excluding hydrogens is 263 g/mol. The van der Waals surface area contributed by atoms with Crippen LogP contribution in [-0.2, 0) is 10.8 Å². The van der Waals surface area contributed by atoms with Crippen LogP contribution >= 0.6 is 23.2 Å². The highest BCUT2D eigenvalue weighted by Gasteiger charge is 2.26. The maximum absolute atomic E-state index is 6.45. The number of hydrogen-bond donors (Lipinski definition) is 0. The average Bonchev–Trinajstić information content (AvgIpc) is 2.32. The highest BCUT2D eigenvalue weighted by molar-refractivity contribution is 6.48. The molecule has 0 aliphatic rings. The third kappa shape index (κ3) is 3.28. The highest BCUT2D eigenvalue weighted by atomic mass is 35.5. The van der Waals surface area contributed by atoms with Crippen LogP contribution in [0.15, 0.2) is 48.5 Å². The second-order valence-corrected chi connectivity index (χ2v) is 6.22. The third-order valence-electron chi connectivity index (χ3n) is 3.02. The molecule has 0 aliphatic carbocycles. The number of benzene rings is 2. The molecule has 0 heterocycles. The van der Waals surface area contributed by atoms with Gasteiger partial charge in [-0.1, -0.05) is 82.9 Å². The van der Waals surface area contributed by atoms with Crippen LogP contribution in [0.1, 0.15) is 22.3 Å². The molecule has 0 radical (unpaired) electrons. The quantitative estimate of drug-likeness (QED) is 0.679. The standard InChI is InChI=1S/C16H16Cl2/c1-12-3-7-14(8-4-12)11-16(17,18)15-9-5-13(2)6-10-15/h3-10H,11H2,1-2H3. The Morgan fingerprint density at radius 1 is 0.778 bits per heavy atom. The molecule has 2 aromatic rings. The van der Waals surface area contributed by atoms with E-state index in [0.29, 0.717) is 6.42 Å². The summed E-state index contributed by atoms with van der Waals surface area (Å²) < 4.78 is -0.872. The second-order valence-electron chi connectivity index (χ2n) is 4.73. The minimum absolute atomic E-state index is 0.611. The van der Waals surface area contributed by atoms with Crippen molar-refractivity contribution in [3.8, 4) is 0 Å². The number of hydrogen-bond acceptors (Lipinski definition) is 0. The fourth-order valence-electron chi connectivity index (χ4n) is 1.86. The number of rotatable bonds is 3. The van der Waals surface area contributed by atoms with E-state index in [-0.39, 0.29) is 0 Å². The lowest BCUT2D eigenvalue weighted by molar-refractivity contribution is 0.836. The average molecular weight is 279 g/mol. The van der Waals surface area contributed by atoms with Crippen LogP contribution in [0, 0.1) is 13.8 Å². The molecule has 0 saturated carbocycles. The molecule has 0 aliphatic heterocycles. The van der Waals surface area contributed by atoms with Gasteiger partial charge in [0.1, 0.15) is 4.33 Å². The Labute approximate surface area is 119 Å². The molecule has 0 bridgehead atoms. The van der Waals surface area contributed by atoms with Crippen molar-refractivity contribution in [2.24, 2.45) is 0 Å². The summed E-state index contributed by atoms with van der Waals surface area (Å²) in [5.41, 5.74) is 4.53. The Morgan fingerprint density at radius 3 is 1.72 bits per heavy atom. The molecule has 0 spiro atoms. The van der Waals surface area contributed by atoms with E-state index in [0.717, 1.165) is 11.1 Å². The summed E-state index contributed by atoms with van der Waals surface area (Å²) in [4.78, 5) is 0. The second kappa shape index (κ2) is 5.34. The van der Waals surface area contributed by atoms with Gasteiger partial charge in [-0.3, -0.25) is 0 Å². The lowest BCUT2D eigenvalue weighted by Gasteiger charge is -2.20. The normalized spacial score (nSPS) is 11.6. The number of aryl methyl sites for hydroxylation is 2. The van der Waals surface area contributed by atoms with Crippen molar-refractivity contribution in [3.05, 3.63) is 70.8 Å². The zero-order chi connectivity index (χ0) is 13.2. The van der Waals surface area contributed by atoms with Gasteiger partial charge in [-0.25, -0.2) is 0 Å². The molecule has 18 heavy (non-hydrogen) atoms. The first-order chi connectivity index (χ1) is 8.47. The first kappa shape index (κ1) is 13.5. The number of alkyl halides is 2. The maximum atomic E-state index is 6.45. The van der Waals surface area contributed by atoms with Crippen LogP contribution < -0.4 is 0 Å². The fraction of sp³-hybridized carbons (Fsp3) is 0.250. The monoisotopic (exact) mass is 278 g/mol. The van der Waals surface area contributed by atoms with E-state index in [1.165, 1.54) is 11.1 Å². The lowest BCUT2D eigenvalue weighted by atomic mass is 10.0. The van der Waals surface area contributed by atoms with Gasteiger partial charge in [0, 0.05) is 6.42 Å². The minimum Gasteiger partial charge on any atom is -0.0959 e. The molecular formula is C16H16Cl2. The molecule has 0 aromatic heterocycles. The van der Waals surface area contributed by atoms with Crippen LogP contribution in [0.4, 0.5) is 0 Å². The van der Waals surface area contributed by atoms with Gasteiger partial charge >= 0.3 is 0 Å². The number of halogens is 2. The van der Waals surface area contributed by atoms with E-state index in [1.807, 2.05) is 31.2 Å². The SMILES string of the molecule is Cc1ccc(CC(Cl)(Cl)c2ccc(C)cc2)cc1. The van der Waals surface area contributed by atoms with Crippen molar-refractivity contribution in [3.63, 3.8) is 0 Å². The van der Waals surface area contributed by atoms with Crippen LogP contribution in [0.5, 0.6) is 0 Å². The summed E-state index contributed by atoms with van der Waals surface area (Å²) in [6, 6.07) is 16.3. The van der Waals surface area contributed by atoms with E-state index in [2.05, 4.69) is 31.2 Å². The summed E-state index contributed by atoms with van der Waals surface area (Å²) in [6.07, 6.45) is 0.611. The Bertz CT molecular complexity index is 510. The van der Waals surface area contributed by atoms with Crippen LogP contribution in [0.3, 0.4) is 0 Å². The zero-order valence-electron chi connectivity index (χ0n) is 10.6. The summed E-state index contributed by atoms with van der Waals surface area (Å²) in [5.74, 6) is 0. The molecule has 2 heteroatoms. The highest BCUT2D eigenvalue weighted by Crippen LogP contribution is 2.37. The van der Waals surface area contributed by atoms with Gasteiger partial charge in [0.05, 0.1) is 0 Å². The lowest BCUT2D eigenvalue weighted by Crippen LogP contribution is -2.14. The molecule has 2 rings (SSSR count). The molecule has 0 saturated heterocycles. The van der Waals surface area contributed by atoms with Crippen molar-refractivity contribution >= 4 is 23.2 Å². The predicted molar refractivity (Wildman–Crippen MR) is 79.4 cm³/mol. The van der Waals surface area contributed by atoms with Gasteiger partial charge in [0.25, 0.3) is 0 Å². The Morgan fingerprint density at radius 2 is 1.22 bits per heavy atom. The first-order valence-electron chi connectivity index (χ1n) is 5.98. The summed E-state index contributed by atoms with van der Waals surface area (Å²) in [7, 11) is 0. The smallest absolute Gasteiger partial charge is 0.0959 e. The summed E-state index contributed by atoms with van der Waals surface area (Å²) >= 11 is 12.9. The summed E-state index contributed by atoms with van der Waals surface area (Å²) in [6.45, 7) is 4.12. The van der Waals surface area contributed by atoms with Gasteiger partial charge in [-0.05, 0) is 25.0 Å². The van der Waals surface area contributed by atoms with Crippen molar-refractivity contribution in [1.82, 2.24) is 0 Å². The largest absolute Gasteiger partial charge is 0.147 e. The van der Waals surface area contributed by atoms with Gasteiger partial charge < -0.3 is 0 Å². The van der Waals surface area contributed by atoms with Crippen LogP contribution in [-0.4, -0.2) is 0 Å². The van der Waals surface area contributed by atoms with Gasteiger partial charge in [0.2, 0.25) is 0 Å². The van der Waals surface area contributed by atoms with Gasteiger partial charge in [-0.2, -0.15) is 0 Å². The molecule has 0 atom stereocenters. The van der Waals surface area contributed by atoms with Gasteiger partial charge in [0.15, 0.2) is 0 Å². The third-order valence-corrected chi connectivity index (χ3v) is 3.72. The summed E-state index contributed by atoms with van der Waals surface area (Å²) in [5, 5.41) is 0. The molecule has 0 unspecified atom stereocenters. The van der Waals surface area contributed by atoms with Crippen LogP contribution in [0.2, 0.25) is 0 Å². The van der Waals surface area contributed by atoms with E-state index in [9.17, 15) is 0 Å². The Balaban J connectivity index is 2.20. The van der Waals surface area contributed by atoms with E-state index < -0.39 is 4.33 Å². The Hall–Kier alpha value is -0.980. The molecule has 0 fully saturated rings. The van der Waals surface area contributed by atoms with Crippen molar-refractivity contribution in [1.29, 1.82) is 0 Å². The predicted octanol–water partition coefficient (Wildman–Crippen LogP) is 5.18. The maximum Gasteiger partial charge on any atom is 0.147 e. The topological polar surface area (TPSA) is 0 Å². The zero-order valence-corrected chi connectivity index (χ0v) is 12.1. The van der Waals surface area contributed by atoms with Gasteiger partial charge in [-0.15, -0.1) is 0 Å². The Kier molecular flexibility index (Phi) is 3.99. The van der Waals surface area contributed by atoms with E-state index >= 15 is 0 Å². The van der Waals surface area contributed by atoms with Crippen molar-refractivity contribution < 1.29 is 0 Å². The molecule has 2 aromatic carbocycles. The molecule has 0 amide bonds. The minimum atomic E-state index is -0.872. The molecule has 94 valence electrons. The van der Waals surface area contributed by atoms with Crippen molar-refractivity contribution in [2.75, 3.05) is 0 Å². The molecule has 0 nitrogen and oxygen atoms in total.